The Bertz CT molecular complexity index is 445. The number of carbonyl (C=O) groups is 1. The van der Waals surface area contributed by atoms with Crippen LogP contribution in [0, 0.1) is 5.82 Å². The largest absolute Gasteiger partial charge is 0.493 e. The topological polar surface area (TPSA) is 46.5 Å². The van der Waals surface area contributed by atoms with Crippen molar-refractivity contribution in [3.63, 3.8) is 0 Å². The first-order valence-electron chi connectivity index (χ1n) is 4.98. The molecule has 1 aliphatic rings. The molecule has 16 heavy (non-hydrogen) atoms. The monoisotopic (exact) mass is 244 g/mol. The number of aromatic carboxylic acids is 1. The molecule has 2 rings (SSSR count). The van der Waals surface area contributed by atoms with Crippen LogP contribution in [0.4, 0.5) is 4.39 Å². The molecule has 1 aromatic carbocycles. The Morgan fingerprint density at radius 1 is 1.50 bits per heavy atom. The summed E-state index contributed by atoms with van der Waals surface area (Å²) in [7, 11) is 0. The lowest BCUT2D eigenvalue weighted by atomic mass is 10.0. The van der Waals surface area contributed by atoms with Crippen LogP contribution in [0.25, 0.3) is 0 Å². The van der Waals surface area contributed by atoms with Crippen molar-refractivity contribution < 1.29 is 19.0 Å². The fraction of sp³-hybridized carbons (Fsp3) is 0.364. The van der Waals surface area contributed by atoms with Gasteiger partial charge in [0.15, 0.2) is 5.82 Å². The van der Waals surface area contributed by atoms with Crippen molar-refractivity contribution in [2.75, 3.05) is 6.61 Å². The molecule has 1 aromatic rings. The molecule has 0 radical (unpaired) electrons. The van der Waals surface area contributed by atoms with Gasteiger partial charge in [-0.15, -0.1) is 0 Å². The molecule has 1 N–H and O–H groups in total. The lowest BCUT2D eigenvalue weighted by Crippen LogP contribution is -2.08. The molecule has 0 saturated carbocycles. The van der Waals surface area contributed by atoms with Gasteiger partial charge < -0.3 is 9.84 Å². The standard InChI is InChI=1S/C11H10ClFO3/c12-7-5-8-6(3-1-2-4-16-8)9(10(7)13)11(14)15/h5H,1-4H2,(H,14,15). The van der Waals surface area contributed by atoms with E-state index in [0.29, 0.717) is 24.3 Å². The second-order valence-corrected chi connectivity index (χ2v) is 4.04. The predicted octanol–water partition coefficient (Wildman–Crippen LogP) is 2.89. The van der Waals surface area contributed by atoms with Crippen LogP contribution in [0.1, 0.15) is 28.8 Å². The van der Waals surface area contributed by atoms with Gasteiger partial charge in [0.25, 0.3) is 0 Å². The molecule has 0 aliphatic carbocycles. The Morgan fingerprint density at radius 3 is 2.94 bits per heavy atom. The zero-order chi connectivity index (χ0) is 11.7. The van der Waals surface area contributed by atoms with Gasteiger partial charge in [-0.25, -0.2) is 9.18 Å². The van der Waals surface area contributed by atoms with Crippen LogP contribution in [0.15, 0.2) is 6.07 Å². The average molecular weight is 245 g/mol. The number of hydrogen-bond donors (Lipinski definition) is 1. The fourth-order valence-corrected chi connectivity index (χ4v) is 2.02. The van der Waals surface area contributed by atoms with Gasteiger partial charge in [-0.05, 0) is 19.3 Å². The molecular weight excluding hydrogens is 235 g/mol. The smallest absolute Gasteiger partial charge is 0.339 e. The summed E-state index contributed by atoms with van der Waals surface area (Å²) in [5, 5.41) is 8.77. The van der Waals surface area contributed by atoms with E-state index in [9.17, 15) is 9.18 Å². The van der Waals surface area contributed by atoms with Crippen LogP contribution >= 0.6 is 11.6 Å². The molecular formula is C11H10ClFO3. The molecule has 0 amide bonds. The first-order chi connectivity index (χ1) is 7.61. The first kappa shape index (κ1) is 11.2. The Labute approximate surface area is 96.8 Å². The molecule has 1 heterocycles. The number of hydrogen-bond acceptors (Lipinski definition) is 2. The summed E-state index contributed by atoms with van der Waals surface area (Å²) < 4.78 is 19.0. The van der Waals surface area contributed by atoms with E-state index in [1.165, 1.54) is 6.07 Å². The second kappa shape index (κ2) is 4.29. The summed E-state index contributed by atoms with van der Waals surface area (Å²) in [6, 6.07) is 1.35. The highest BCUT2D eigenvalue weighted by Crippen LogP contribution is 2.33. The number of carboxylic acids is 1. The molecule has 5 heteroatoms. The summed E-state index contributed by atoms with van der Waals surface area (Å²) in [6.07, 6.45) is 2.12. The highest BCUT2D eigenvalue weighted by molar-refractivity contribution is 6.31. The molecule has 0 saturated heterocycles. The van der Waals surface area contributed by atoms with Crippen LogP contribution in [0.2, 0.25) is 5.02 Å². The molecule has 0 unspecified atom stereocenters. The van der Waals surface area contributed by atoms with Gasteiger partial charge in [0, 0.05) is 11.6 Å². The Kier molecular flexibility index (Phi) is 3.01. The van der Waals surface area contributed by atoms with E-state index in [0.717, 1.165) is 12.8 Å². The van der Waals surface area contributed by atoms with Crippen molar-refractivity contribution in [2.45, 2.75) is 19.3 Å². The van der Waals surface area contributed by atoms with Crippen LogP contribution in [-0.2, 0) is 6.42 Å². The van der Waals surface area contributed by atoms with Gasteiger partial charge >= 0.3 is 5.97 Å². The maximum absolute atomic E-state index is 13.6. The lowest BCUT2D eigenvalue weighted by molar-refractivity contribution is 0.0690. The molecule has 0 atom stereocenters. The third-order valence-electron chi connectivity index (χ3n) is 2.58. The normalized spacial score (nSPS) is 14.9. The summed E-state index contributed by atoms with van der Waals surface area (Å²) in [5.74, 6) is -1.79. The number of fused-ring (bicyclic) bond motifs is 1. The van der Waals surface area contributed by atoms with Crippen molar-refractivity contribution >= 4 is 17.6 Å². The van der Waals surface area contributed by atoms with Crippen molar-refractivity contribution in [1.29, 1.82) is 0 Å². The zero-order valence-corrected chi connectivity index (χ0v) is 9.18. The highest BCUT2D eigenvalue weighted by Gasteiger charge is 2.24. The van der Waals surface area contributed by atoms with Crippen LogP contribution in [-0.4, -0.2) is 17.7 Å². The summed E-state index contributed by atoms with van der Waals surface area (Å²) in [4.78, 5) is 11.0. The third kappa shape index (κ3) is 1.85. The molecule has 0 fully saturated rings. The van der Waals surface area contributed by atoms with E-state index in [4.69, 9.17) is 21.4 Å². The number of carboxylic acid groups (broad SMARTS) is 1. The number of halogens is 2. The van der Waals surface area contributed by atoms with Gasteiger partial charge in [-0.3, -0.25) is 0 Å². The summed E-state index contributed by atoms with van der Waals surface area (Å²) >= 11 is 5.63. The van der Waals surface area contributed by atoms with Gasteiger partial charge in [0.05, 0.1) is 11.6 Å². The second-order valence-electron chi connectivity index (χ2n) is 3.63. The average Bonchev–Trinajstić information content (AvgIpc) is 2.44. The Balaban J connectivity index is 2.65. The molecule has 0 spiro atoms. The Hall–Kier alpha value is -1.29. The van der Waals surface area contributed by atoms with Crippen molar-refractivity contribution in [1.82, 2.24) is 0 Å². The Morgan fingerprint density at radius 2 is 2.25 bits per heavy atom. The molecule has 0 bridgehead atoms. The predicted molar refractivity (Wildman–Crippen MR) is 56.8 cm³/mol. The van der Waals surface area contributed by atoms with E-state index >= 15 is 0 Å². The quantitative estimate of drug-likeness (QED) is 0.826. The minimum absolute atomic E-state index is 0.210. The van der Waals surface area contributed by atoms with Crippen LogP contribution in [0.3, 0.4) is 0 Å². The van der Waals surface area contributed by atoms with E-state index in [2.05, 4.69) is 0 Å². The number of rotatable bonds is 1. The van der Waals surface area contributed by atoms with E-state index in [1.54, 1.807) is 0 Å². The highest BCUT2D eigenvalue weighted by atomic mass is 35.5. The third-order valence-corrected chi connectivity index (χ3v) is 2.85. The van der Waals surface area contributed by atoms with Crippen molar-refractivity contribution in [3.8, 4) is 5.75 Å². The number of ether oxygens (including phenoxy) is 1. The molecule has 86 valence electrons. The number of benzene rings is 1. The minimum atomic E-state index is -1.30. The van der Waals surface area contributed by atoms with Crippen molar-refractivity contribution in [2.24, 2.45) is 0 Å². The van der Waals surface area contributed by atoms with E-state index < -0.39 is 11.8 Å². The van der Waals surface area contributed by atoms with E-state index in [-0.39, 0.29) is 10.6 Å². The molecule has 0 aromatic heterocycles. The zero-order valence-electron chi connectivity index (χ0n) is 8.43. The minimum Gasteiger partial charge on any atom is -0.493 e. The maximum atomic E-state index is 13.6. The molecule has 1 aliphatic heterocycles. The SMILES string of the molecule is O=C(O)c1c(F)c(Cl)cc2c1CCCCO2. The lowest BCUT2D eigenvalue weighted by Gasteiger charge is -2.11. The van der Waals surface area contributed by atoms with Gasteiger partial charge in [-0.2, -0.15) is 0 Å². The van der Waals surface area contributed by atoms with Crippen LogP contribution < -0.4 is 4.74 Å². The fourth-order valence-electron chi connectivity index (χ4n) is 1.83. The van der Waals surface area contributed by atoms with Crippen LogP contribution in [0.5, 0.6) is 5.75 Å². The van der Waals surface area contributed by atoms with Gasteiger partial charge in [-0.1, -0.05) is 11.6 Å². The summed E-state index contributed by atoms with van der Waals surface area (Å²) in [5.41, 5.74) is 0.0521. The first-order valence-corrected chi connectivity index (χ1v) is 5.36. The summed E-state index contributed by atoms with van der Waals surface area (Å²) in [6.45, 7) is 0.508. The molecule has 3 nitrogen and oxygen atoms in total. The van der Waals surface area contributed by atoms with E-state index in [1.807, 2.05) is 0 Å². The van der Waals surface area contributed by atoms with Gasteiger partial charge in [0.1, 0.15) is 11.3 Å². The van der Waals surface area contributed by atoms with Gasteiger partial charge in [0.2, 0.25) is 0 Å². The maximum Gasteiger partial charge on any atom is 0.339 e. The van der Waals surface area contributed by atoms with Crippen molar-refractivity contribution in [3.05, 3.63) is 28.0 Å².